The van der Waals surface area contributed by atoms with Crippen molar-refractivity contribution in [1.29, 1.82) is 0 Å². The molecule has 158 valence electrons. The number of rotatable bonds is 8. The Morgan fingerprint density at radius 2 is 1.87 bits per heavy atom. The number of carbonyl (C=O) groups is 3. The molecule has 2 amide bonds. The number of ether oxygens (including phenoxy) is 1. The number of hydrogen-bond donors (Lipinski definition) is 2. The van der Waals surface area contributed by atoms with Crippen LogP contribution >= 0.6 is 0 Å². The molecule has 1 aliphatic heterocycles. The summed E-state index contributed by atoms with van der Waals surface area (Å²) in [7, 11) is 1.27. The van der Waals surface area contributed by atoms with Crippen molar-refractivity contribution in [3.63, 3.8) is 0 Å². The van der Waals surface area contributed by atoms with Gasteiger partial charge in [-0.15, -0.1) is 0 Å². The molecule has 0 saturated carbocycles. The number of methoxy groups -OCH3 is 1. The number of nitrogens with one attached hydrogen (secondary N) is 2. The largest absolute Gasteiger partial charge is 0.467 e. The van der Waals surface area contributed by atoms with E-state index in [0.29, 0.717) is 31.2 Å². The van der Waals surface area contributed by atoms with Gasteiger partial charge in [-0.1, -0.05) is 42.5 Å². The Kier molecular flexibility index (Phi) is 6.82. The van der Waals surface area contributed by atoms with E-state index in [9.17, 15) is 18.8 Å². The number of halogens is 1. The summed E-state index contributed by atoms with van der Waals surface area (Å²) >= 11 is 0. The van der Waals surface area contributed by atoms with Gasteiger partial charge in [-0.25, -0.2) is 9.18 Å². The third-order valence-electron chi connectivity index (χ3n) is 5.40. The maximum absolute atomic E-state index is 13.2. The number of carbonyl (C=O) groups excluding carboxylic acids is 3. The second kappa shape index (κ2) is 9.52. The first-order valence-electron chi connectivity index (χ1n) is 9.88. The summed E-state index contributed by atoms with van der Waals surface area (Å²) in [5.74, 6) is -1.25. The molecule has 6 nitrogen and oxygen atoms in total. The van der Waals surface area contributed by atoms with Crippen LogP contribution < -0.4 is 10.6 Å². The van der Waals surface area contributed by atoms with Gasteiger partial charge in [-0.3, -0.25) is 9.59 Å². The third-order valence-corrected chi connectivity index (χ3v) is 5.40. The Balaban J connectivity index is 1.67. The average molecular weight is 412 g/mol. The lowest BCUT2D eigenvalue weighted by atomic mass is 9.85. The van der Waals surface area contributed by atoms with E-state index in [4.69, 9.17) is 4.74 Å². The second-order valence-corrected chi connectivity index (χ2v) is 7.57. The van der Waals surface area contributed by atoms with Crippen LogP contribution in [0.15, 0.2) is 54.6 Å². The SMILES string of the molecule is COC(=O)[C@@H](NC(=O)CC[C@]1(Cc2ccc(F)cc2)CCC(=O)N1)c1ccccc1. The summed E-state index contributed by atoms with van der Waals surface area (Å²) < 4.78 is 18.0. The van der Waals surface area contributed by atoms with Gasteiger partial charge in [0.15, 0.2) is 6.04 Å². The van der Waals surface area contributed by atoms with E-state index in [2.05, 4.69) is 10.6 Å². The number of benzene rings is 2. The molecule has 1 heterocycles. The maximum Gasteiger partial charge on any atom is 0.333 e. The van der Waals surface area contributed by atoms with E-state index in [1.54, 1.807) is 36.4 Å². The quantitative estimate of drug-likeness (QED) is 0.653. The zero-order valence-electron chi connectivity index (χ0n) is 16.8. The topological polar surface area (TPSA) is 84.5 Å². The third kappa shape index (κ3) is 5.43. The molecular formula is C23H25FN2O4. The number of esters is 1. The summed E-state index contributed by atoms with van der Waals surface area (Å²) in [6.45, 7) is 0. The highest BCUT2D eigenvalue weighted by Gasteiger charge is 2.38. The van der Waals surface area contributed by atoms with Crippen molar-refractivity contribution in [2.75, 3.05) is 7.11 Å². The summed E-state index contributed by atoms with van der Waals surface area (Å²) in [5.41, 5.74) is 0.948. The molecule has 2 aromatic rings. The lowest BCUT2D eigenvalue weighted by Gasteiger charge is -2.29. The number of amides is 2. The Bertz CT molecular complexity index is 901. The predicted molar refractivity (Wildman–Crippen MR) is 109 cm³/mol. The van der Waals surface area contributed by atoms with Crippen molar-refractivity contribution in [1.82, 2.24) is 10.6 Å². The summed E-state index contributed by atoms with van der Waals surface area (Å²) in [4.78, 5) is 36.7. The molecule has 1 fully saturated rings. The lowest BCUT2D eigenvalue weighted by molar-refractivity contribution is -0.145. The minimum atomic E-state index is -0.894. The Morgan fingerprint density at radius 3 is 2.47 bits per heavy atom. The van der Waals surface area contributed by atoms with E-state index in [1.807, 2.05) is 6.07 Å². The van der Waals surface area contributed by atoms with Crippen LogP contribution in [0.25, 0.3) is 0 Å². The highest BCUT2D eigenvalue weighted by atomic mass is 19.1. The molecule has 0 radical (unpaired) electrons. The van der Waals surface area contributed by atoms with Gasteiger partial charge < -0.3 is 15.4 Å². The predicted octanol–water partition coefficient (Wildman–Crippen LogP) is 2.83. The fourth-order valence-electron chi connectivity index (χ4n) is 3.80. The first kappa shape index (κ1) is 21.5. The highest BCUT2D eigenvalue weighted by Crippen LogP contribution is 2.30. The van der Waals surface area contributed by atoms with Gasteiger partial charge in [0, 0.05) is 18.4 Å². The van der Waals surface area contributed by atoms with Crippen LogP contribution in [-0.4, -0.2) is 30.4 Å². The first-order chi connectivity index (χ1) is 14.4. The van der Waals surface area contributed by atoms with Gasteiger partial charge in [0.05, 0.1) is 7.11 Å². The molecule has 2 aromatic carbocycles. The monoisotopic (exact) mass is 412 g/mol. The van der Waals surface area contributed by atoms with Crippen molar-refractivity contribution in [3.05, 3.63) is 71.5 Å². The highest BCUT2D eigenvalue weighted by molar-refractivity contribution is 5.85. The molecule has 0 unspecified atom stereocenters. The van der Waals surface area contributed by atoms with E-state index in [0.717, 1.165) is 5.56 Å². The lowest BCUT2D eigenvalue weighted by Crippen LogP contribution is -2.45. The van der Waals surface area contributed by atoms with Crippen LogP contribution in [-0.2, 0) is 25.5 Å². The van der Waals surface area contributed by atoms with Crippen molar-refractivity contribution in [3.8, 4) is 0 Å². The molecule has 1 saturated heterocycles. The molecule has 7 heteroatoms. The van der Waals surface area contributed by atoms with E-state index >= 15 is 0 Å². The van der Waals surface area contributed by atoms with Crippen LogP contribution in [0.1, 0.15) is 42.9 Å². The molecule has 2 N–H and O–H groups in total. The Labute approximate surface area is 174 Å². The first-order valence-corrected chi connectivity index (χ1v) is 9.88. The molecule has 3 rings (SSSR count). The summed E-state index contributed by atoms with van der Waals surface area (Å²) in [6, 6.07) is 14.1. The van der Waals surface area contributed by atoms with Crippen molar-refractivity contribution < 1.29 is 23.5 Å². The van der Waals surface area contributed by atoms with Crippen molar-refractivity contribution in [2.45, 2.75) is 43.7 Å². The zero-order chi connectivity index (χ0) is 21.6. The molecule has 0 spiro atoms. The smallest absolute Gasteiger partial charge is 0.333 e. The maximum atomic E-state index is 13.2. The van der Waals surface area contributed by atoms with Crippen LogP contribution in [0.4, 0.5) is 4.39 Å². The van der Waals surface area contributed by atoms with Crippen LogP contribution in [0.3, 0.4) is 0 Å². The summed E-state index contributed by atoms with van der Waals surface area (Å²) in [5, 5.41) is 5.73. The van der Waals surface area contributed by atoms with Gasteiger partial charge in [0.1, 0.15) is 5.82 Å². The van der Waals surface area contributed by atoms with Crippen LogP contribution in [0.5, 0.6) is 0 Å². The molecule has 2 atom stereocenters. The minimum Gasteiger partial charge on any atom is -0.467 e. The molecule has 0 bridgehead atoms. The standard InChI is InChI=1S/C23H25FN2O4/c1-30-22(29)21(17-5-3-2-4-6-17)25-19(27)11-13-23(14-12-20(28)26-23)15-16-7-9-18(24)10-8-16/h2-10,21H,11-15H2,1H3,(H,25,27)(H,26,28)/t21-,23+/m0/s1. The average Bonchev–Trinajstić information content (AvgIpc) is 3.13. The molecule has 0 aliphatic carbocycles. The second-order valence-electron chi connectivity index (χ2n) is 7.57. The van der Waals surface area contributed by atoms with Crippen molar-refractivity contribution >= 4 is 17.8 Å². The fraction of sp³-hybridized carbons (Fsp3) is 0.348. The van der Waals surface area contributed by atoms with E-state index < -0.39 is 17.6 Å². The van der Waals surface area contributed by atoms with Gasteiger partial charge in [-0.2, -0.15) is 0 Å². The van der Waals surface area contributed by atoms with Crippen LogP contribution in [0.2, 0.25) is 0 Å². The molecule has 0 aromatic heterocycles. The molecular weight excluding hydrogens is 387 g/mol. The van der Waals surface area contributed by atoms with Gasteiger partial charge in [0.25, 0.3) is 0 Å². The summed E-state index contributed by atoms with van der Waals surface area (Å²) in [6.07, 6.45) is 2.02. The number of hydrogen-bond acceptors (Lipinski definition) is 4. The Morgan fingerprint density at radius 1 is 1.17 bits per heavy atom. The molecule has 1 aliphatic rings. The van der Waals surface area contributed by atoms with Gasteiger partial charge >= 0.3 is 5.97 Å². The molecule has 30 heavy (non-hydrogen) atoms. The van der Waals surface area contributed by atoms with Crippen molar-refractivity contribution in [2.24, 2.45) is 0 Å². The normalized spacial score (nSPS) is 19.1. The van der Waals surface area contributed by atoms with E-state index in [-0.39, 0.29) is 24.1 Å². The van der Waals surface area contributed by atoms with Gasteiger partial charge in [-0.05, 0) is 42.5 Å². The zero-order valence-corrected chi connectivity index (χ0v) is 16.8. The fourth-order valence-corrected chi connectivity index (χ4v) is 3.80. The van der Waals surface area contributed by atoms with E-state index in [1.165, 1.54) is 19.2 Å². The van der Waals surface area contributed by atoms with Crippen LogP contribution in [0, 0.1) is 5.82 Å². The Hall–Kier alpha value is -3.22. The van der Waals surface area contributed by atoms with Gasteiger partial charge in [0.2, 0.25) is 11.8 Å². The minimum absolute atomic E-state index is 0.0609.